The van der Waals surface area contributed by atoms with E-state index in [-0.39, 0.29) is 11.8 Å². The molecule has 27 heavy (non-hydrogen) atoms. The predicted molar refractivity (Wildman–Crippen MR) is 106 cm³/mol. The van der Waals surface area contributed by atoms with E-state index in [1.807, 2.05) is 58.3 Å². The lowest BCUT2D eigenvalue weighted by atomic mass is 10.0. The van der Waals surface area contributed by atoms with Crippen LogP contribution in [0.4, 0.5) is 5.69 Å². The number of benzene rings is 2. The number of carbonyl (C=O) groups is 2. The average Bonchev–Trinajstić information content (AvgIpc) is 2.74. The van der Waals surface area contributed by atoms with Crippen molar-refractivity contribution in [1.29, 1.82) is 0 Å². The van der Waals surface area contributed by atoms with E-state index in [0.29, 0.717) is 19.6 Å². The molecule has 0 aliphatic carbocycles. The molecule has 5 heteroatoms. The fourth-order valence-electron chi connectivity index (χ4n) is 3.94. The van der Waals surface area contributed by atoms with Crippen molar-refractivity contribution >= 4 is 17.5 Å². The molecule has 0 atom stereocenters. The van der Waals surface area contributed by atoms with E-state index in [0.717, 1.165) is 43.7 Å². The summed E-state index contributed by atoms with van der Waals surface area (Å²) in [5.74, 6) is 0.233. The molecule has 2 aliphatic rings. The minimum atomic E-state index is 0.0755. The van der Waals surface area contributed by atoms with Gasteiger partial charge in [-0.2, -0.15) is 0 Å². The molecule has 5 nitrogen and oxygen atoms in total. The highest BCUT2D eigenvalue weighted by Crippen LogP contribution is 2.26. The van der Waals surface area contributed by atoms with Gasteiger partial charge in [0.25, 0.3) is 5.91 Å². The molecule has 0 N–H and O–H groups in total. The zero-order valence-corrected chi connectivity index (χ0v) is 15.5. The molecule has 1 fully saturated rings. The van der Waals surface area contributed by atoms with E-state index in [1.54, 1.807) is 0 Å². The minimum absolute atomic E-state index is 0.0755. The molecule has 2 heterocycles. The Balaban J connectivity index is 1.33. The summed E-state index contributed by atoms with van der Waals surface area (Å²) >= 11 is 0. The van der Waals surface area contributed by atoms with Crippen LogP contribution in [0.1, 0.15) is 22.3 Å². The molecule has 0 aromatic heterocycles. The maximum Gasteiger partial charge on any atom is 0.253 e. The molecular formula is C22H25N3O2. The third kappa shape index (κ3) is 3.88. The monoisotopic (exact) mass is 363 g/mol. The summed E-state index contributed by atoms with van der Waals surface area (Å²) < 4.78 is 0. The van der Waals surface area contributed by atoms with Gasteiger partial charge in [-0.3, -0.25) is 14.5 Å². The Morgan fingerprint density at radius 1 is 0.815 bits per heavy atom. The fourth-order valence-corrected chi connectivity index (χ4v) is 3.94. The van der Waals surface area contributed by atoms with Crippen LogP contribution >= 0.6 is 0 Å². The lowest BCUT2D eigenvalue weighted by Crippen LogP contribution is -2.52. The number of amides is 2. The second-order valence-corrected chi connectivity index (χ2v) is 7.21. The minimum Gasteiger partial charge on any atom is -0.336 e. The number of carbonyl (C=O) groups excluding carboxylic acids is 2. The van der Waals surface area contributed by atoms with Crippen LogP contribution in [-0.2, 0) is 11.2 Å². The SMILES string of the molecule is O=C(c1ccccc1)N1CCN(CC(=O)N2CCCc3ccccc32)CC1. The topological polar surface area (TPSA) is 43.9 Å². The van der Waals surface area contributed by atoms with Crippen molar-refractivity contribution in [1.82, 2.24) is 9.80 Å². The quantitative estimate of drug-likeness (QED) is 0.841. The molecule has 4 rings (SSSR count). The predicted octanol–water partition coefficient (Wildman–Crippen LogP) is 2.42. The first kappa shape index (κ1) is 17.7. The Labute approximate surface area is 160 Å². The molecule has 2 amide bonds. The molecule has 2 aromatic rings. The maximum atomic E-state index is 12.9. The number of aryl methyl sites for hydroxylation is 1. The standard InChI is InChI=1S/C22H25N3O2/c26-21(25-12-6-10-18-7-4-5-11-20(18)25)17-23-13-15-24(16-14-23)22(27)19-8-2-1-3-9-19/h1-5,7-9,11H,6,10,12-17H2. The van der Waals surface area contributed by atoms with Crippen molar-refractivity contribution in [2.75, 3.05) is 44.2 Å². The van der Waals surface area contributed by atoms with Gasteiger partial charge in [-0.1, -0.05) is 36.4 Å². The molecule has 0 saturated carbocycles. The molecule has 0 spiro atoms. The Morgan fingerprint density at radius 3 is 2.30 bits per heavy atom. The number of piperazine rings is 1. The molecule has 2 aromatic carbocycles. The fraction of sp³-hybridized carbons (Fsp3) is 0.364. The zero-order valence-electron chi connectivity index (χ0n) is 15.5. The van der Waals surface area contributed by atoms with Crippen LogP contribution in [0.2, 0.25) is 0 Å². The van der Waals surface area contributed by atoms with E-state index in [2.05, 4.69) is 11.0 Å². The van der Waals surface area contributed by atoms with Crippen LogP contribution in [0.15, 0.2) is 54.6 Å². The molecule has 0 bridgehead atoms. The second kappa shape index (κ2) is 7.92. The Morgan fingerprint density at radius 2 is 1.52 bits per heavy atom. The number of hydrogen-bond acceptors (Lipinski definition) is 3. The van der Waals surface area contributed by atoms with Crippen molar-refractivity contribution in [2.45, 2.75) is 12.8 Å². The van der Waals surface area contributed by atoms with Crippen LogP contribution < -0.4 is 4.90 Å². The summed E-state index contributed by atoms with van der Waals surface area (Å²) in [7, 11) is 0. The van der Waals surface area contributed by atoms with Crippen LogP contribution in [0.25, 0.3) is 0 Å². The number of fused-ring (bicyclic) bond motifs is 1. The Bertz CT molecular complexity index is 813. The summed E-state index contributed by atoms with van der Waals surface area (Å²) in [5.41, 5.74) is 3.05. The van der Waals surface area contributed by atoms with Crippen LogP contribution in [0.3, 0.4) is 0 Å². The summed E-state index contributed by atoms with van der Waals surface area (Å²) in [6.07, 6.45) is 2.06. The molecular weight excluding hydrogens is 338 g/mol. The van der Waals surface area contributed by atoms with Gasteiger partial charge in [-0.25, -0.2) is 0 Å². The van der Waals surface area contributed by atoms with E-state index in [1.165, 1.54) is 5.56 Å². The van der Waals surface area contributed by atoms with Crippen LogP contribution in [0.5, 0.6) is 0 Å². The van der Waals surface area contributed by atoms with Gasteiger partial charge in [-0.05, 0) is 36.6 Å². The van der Waals surface area contributed by atoms with E-state index >= 15 is 0 Å². The molecule has 0 radical (unpaired) electrons. The van der Waals surface area contributed by atoms with Crippen molar-refractivity contribution in [3.63, 3.8) is 0 Å². The first-order chi connectivity index (χ1) is 13.2. The lowest BCUT2D eigenvalue weighted by Gasteiger charge is -2.36. The van der Waals surface area contributed by atoms with Gasteiger partial charge in [0, 0.05) is 44.0 Å². The largest absolute Gasteiger partial charge is 0.336 e. The number of rotatable bonds is 3. The second-order valence-electron chi connectivity index (χ2n) is 7.21. The third-order valence-electron chi connectivity index (χ3n) is 5.45. The number of nitrogens with zero attached hydrogens (tertiary/aromatic N) is 3. The molecule has 1 saturated heterocycles. The highest BCUT2D eigenvalue weighted by atomic mass is 16.2. The summed E-state index contributed by atoms with van der Waals surface area (Å²) in [4.78, 5) is 31.4. The van der Waals surface area contributed by atoms with E-state index < -0.39 is 0 Å². The first-order valence-electron chi connectivity index (χ1n) is 9.67. The van der Waals surface area contributed by atoms with Gasteiger partial charge in [0.05, 0.1) is 6.54 Å². The van der Waals surface area contributed by atoms with Gasteiger partial charge in [0.2, 0.25) is 5.91 Å². The third-order valence-corrected chi connectivity index (χ3v) is 5.45. The van der Waals surface area contributed by atoms with Gasteiger partial charge < -0.3 is 9.80 Å². The van der Waals surface area contributed by atoms with Crippen molar-refractivity contribution in [3.8, 4) is 0 Å². The van der Waals surface area contributed by atoms with E-state index in [9.17, 15) is 9.59 Å². The maximum absolute atomic E-state index is 12.9. The highest BCUT2D eigenvalue weighted by Gasteiger charge is 2.27. The number of hydrogen-bond donors (Lipinski definition) is 0. The number of para-hydroxylation sites is 1. The molecule has 2 aliphatic heterocycles. The average molecular weight is 363 g/mol. The van der Waals surface area contributed by atoms with Gasteiger partial charge in [0.15, 0.2) is 0 Å². The van der Waals surface area contributed by atoms with Crippen LogP contribution in [0, 0.1) is 0 Å². The van der Waals surface area contributed by atoms with E-state index in [4.69, 9.17) is 0 Å². The lowest BCUT2D eigenvalue weighted by molar-refractivity contribution is -0.120. The Hall–Kier alpha value is -2.66. The highest BCUT2D eigenvalue weighted by molar-refractivity contribution is 5.96. The zero-order chi connectivity index (χ0) is 18.6. The Kier molecular flexibility index (Phi) is 5.21. The normalized spacial score (nSPS) is 17.5. The van der Waals surface area contributed by atoms with Crippen LogP contribution in [-0.4, -0.2) is 60.9 Å². The molecule has 0 unspecified atom stereocenters. The van der Waals surface area contributed by atoms with Gasteiger partial charge in [-0.15, -0.1) is 0 Å². The smallest absolute Gasteiger partial charge is 0.253 e. The summed E-state index contributed by atoms with van der Waals surface area (Å²) in [6.45, 7) is 4.01. The van der Waals surface area contributed by atoms with Gasteiger partial charge >= 0.3 is 0 Å². The number of anilines is 1. The van der Waals surface area contributed by atoms with Gasteiger partial charge in [0.1, 0.15) is 0 Å². The van der Waals surface area contributed by atoms with Crippen molar-refractivity contribution in [3.05, 3.63) is 65.7 Å². The molecule has 140 valence electrons. The summed E-state index contributed by atoms with van der Waals surface area (Å²) in [6, 6.07) is 17.6. The van der Waals surface area contributed by atoms with Crippen molar-refractivity contribution < 1.29 is 9.59 Å². The van der Waals surface area contributed by atoms with Crippen molar-refractivity contribution in [2.24, 2.45) is 0 Å². The summed E-state index contributed by atoms with van der Waals surface area (Å²) in [5, 5.41) is 0. The first-order valence-corrected chi connectivity index (χ1v) is 9.67.